The fraction of sp³-hybridized carbons (Fsp3) is 0.600. The largest absolute Gasteiger partial charge is 0.384 e. The molecular formula is C10H16N4O. The van der Waals surface area contributed by atoms with E-state index in [1.807, 2.05) is 0 Å². The average Bonchev–Trinajstić information content (AvgIpc) is 2.18. The lowest BCUT2D eigenvalue weighted by Gasteiger charge is -2.34. The third-order valence-corrected chi connectivity index (χ3v) is 2.53. The minimum atomic E-state index is -0.0773. The quantitative estimate of drug-likeness (QED) is 0.759. The minimum Gasteiger partial charge on any atom is -0.384 e. The Kier molecular flexibility index (Phi) is 2.73. The van der Waals surface area contributed by atoms with Crippen molar-refractivity contribution in [2.75, 3.05) is 24.3 Å². The molecular weight excluding hydrogens is 192 g/mol. The van der Waals surface area contributed by atoms with Gasteiger partial charge in [0.1, 0.15) is 5.82 Å². The summed E-state index contributed by atoms with van der Waals surface area (Å²) in [5.41, 5.74) is 5.51. The number of hydrogen-bond donors (Lipinski definition) is 2. The van der Waals surface area contributed by atoms with Crippen molar-refractivity contribution in [1.29, 1.82) is 0 Å². The molecule has 1 aliphatic rings. The Morgan fingerprint density at radius 3 is 3.13 bits per heavy atom. The van der Waals surface area contributed by atoms with Crippen LogP contribution in [0.15, 0.2) is 12.3 Å². The summed E-state index contributed by atoms with van der Waals surface area (Å²) >= 11 is 0. The molecule has 3 N–H and O–H groups in total. The van der Waals surface area contributed by atoms with Crippen molar-refractivity contribution in [3.05, 3.63) is 12.3 Å². The predicted molar refractivity (Wildman–Crippen MR) is 58.5 cm³/mol. The van der Waals surface area contributed by atoms with Crippen molar-refractivity contribution in [1.82, 2.24) is 9.97 Å². The van der Waals surface area contributed by atoms with E-state index in [9.17, 15) is 0 Å². The molecule has 1 saturated heterocycles. The van der Waals surface area contributed by atoms with E-state index in [1.165, 1.54) is 0 Å². The van der Waals surface area contributed by atoms with Crippen LogP contribution in [0.1, 0.15) is 19.8 Å². The van der Waals surface area contributed by atoms with Gasteiger partial charge in [-0.25, -0.2) is 4.98 Å². The number of hydrogen-bond acceptors (Lipinski definition) is 5. The summed E-state index contributed by atoms with van der Waals surface area (Å²) in [6.07, 6.45) is 3.77. The molecule has 1 aromatic heterocycles. The molecule has 1 fully saturated rings. The van der Waals surface area contributed by atoms with Gasteiger partial charge in [0.15, 0.2) is 0 Å². The van der Waals surface area contributed by atoms with Crippen molar-refractivity contribution in [3.63, 3.8) is 0 Å². The number of nitrogens with zero attached hydrogens (tertiary/aromatic N) is 2. The Morgan fingerprint density at radius 2 is 2.47 bits per heavy atom. The fourth-order valence-corrected chi connectivity index (χ4v) is 1.74. The zero-order chi connectivity index (χ0) is 10.7. The molecule has 82 valence electrons. The summed E-state index contributed by atoms with van der Waals surface area (Å²) in [5, 5.41) is 3.27. The Morgan fingerprint density at radius 1 is 1.60 bits per heavy atom. The molecule has 2 rings (SSSR count). The van der Waals surface area contributed by atoms with Gasteiger partial charge in [-0.15, -0.1) is 0 Å². The topological polar surface area (TPSA) is 73.1 Å². The van der Waals surface area contributed by atoms with E-state index in [4.69, 9.17) is 10.5 Å². The molecule has 0 amide bonds. The van der Waals surface area contributed by atoms with Gasteiger partial charge in [0.2, 0.25) is 5.95 Å². The molecule has 0 radical (unpaired) electrons. The summed E-state index contributed by atoms with van der Waals surface area (Å²) in [5.74, 6) is 1.05. The summed E-state index contributed by atoms with van der Waals surface area (Å²) in [7, 11) is 0. The fourth-order valence-electron chi connectivity index (χ4n) is 1.74. The zero-order valence-electron chi connectivity index (χ0n) is 8.86. The highest BCUT2D eigenvalue weighted by molar-refractivity contribution is 5.37. The lowest BCUT2D eigenvalue weighted by atomic mass is 9.95. The van der Waals surface area contributed by atoms with Crippen molar-refractivity contribution < 1.29 is 4.74 Å². The second kappa shape index (κ2) is 4.02. The Balaban J connectivity index is 2.06. The molecule has 1 aromatic rings. The minimum absolute atomic E-state index is 0.0773. The molecule has 0 saturated carbocycles. The van der Waals surface area contributed by atoms with Crippen LogP contribution in [0, 0.1) is 0 Å². The second-order valence-electron chi connectivity index (χ2n) is 4.15. The number of ether oxygens (including phenoxy) is 1. The van der Waals surface area contributed by atoms with Crippen LogP contribution in [0.25, 0.3) is 0 Å². The van der Waals surface area contributed by atoms with Gasteiger partial charge in [-0.2, -0.15) is 4.98 Å². The van der Waals surface area contributed by atoms with E-state index in [1.54, 1.807) is 12.3 Å². The van der Waals surface area contributed by atoms with Gasteiger partial charge in [-0.1, -0.05) is 0 Å². The van der Waals surface area contributed by atoms with Crippen LogP contribution < -0.4 is 11.1 Å². The number of nitrogens with two attached hydrogens (primary N) is 1. The molecule has 5 nitrogen and oxygen atoms in total. The van der Waals surface area contributed by atoms with Crippen LogP contribution in [0.5, 0.6) is 0 Å². The highest BCUT2D eigenvalue weighted by Crippen LogP contribution is 2.22. The first-order chi connectivity index (χ1) is 7.18. The van der Waals surface area contributed by atoms with Gasteiger partial charge in [-0.05, 0) is 25.8 Å². The van der Waals surface area contributed by atoms with Crippen molar-refractivity contribution >= 4 is 11.8 Å². The molecule has 2 heterocycles. The van der Waals surface area contributed by atoms with Crippen molar-refractivity contribution in [3.8, 4) is 0 Å². The van der Waals surface area contributed by atoms with E-state index in [2.05, 4.69) is 22.2 Å². The molecule has 1 aliphatic heterocycles. The third-order valence-electron chi connectivity index (χ3n) is 2.53. The Labute approximate surface area is 89.1 Å². The molecule has 0 bridgehead atoms. The van der Waals surface area contributed by atoms with Crippen LogP contribution in [0.4, 0.5) is 11.8 Å². The molecule has 1 unspecified atom stereocenters. The smallest absolute Gasteiger partial charge is 0.225 e. The normalized spacial score (nSPS) is 26.2. The monoisotopic (exact) mass is 208 g/mol. The first-order valence-electron chi connectivity index (χ1n) is 5.12. The molecule has 1 atom stereocenters. The SMILES string of the molecule is CC1(Nc2nccc(N)n2)CCCOC1. The number of aromatic nitrogens is 2. The van der Waals surface area contributed by atoms with Gasteiger partial charge in [0.05, 0.1) is 12.1 Å². The number of rotatable bonds is 2. The van der Waals surface area contributed by atoms with Crippen LogP contribution >= 0.6 is 0 Å². The zero-order valence-corrected chi connectivity index (χ0v) is 8.86. The lowest BCUT2D eigenvalue weighted by Crippen LogP contribution is -2.43. The Bertz CT molecular complexity index is 336. The summed E-state index contributed by atoms with van der Waals surface area (Å²) in [6, 6.07) is 1.67. The number of anilines is 2. The highest BCUT2D eigenvalue weighted by atomic mass is 16.5. The van der Waals surface area contributed by atoms with Gasteiger partial charge in [0, 0.05) is 12.8 Å². The molecule has 0 aromatic carbocycles. The summed E-state index contributed by atoms with van der Waals surface area (Å²) in [6.45, 7) is 3.64. The maximum atomic E-state index is 5.58. The van der Waals surface area contributed by atoms with E-state index in [0.717, 1.165) is 19.4 Å². The molecule has 0 spiro atoms. The van der Waals surface area contributed by atoms with Crippen LogP contribution in [-0.2, 0) is 4.74 Å². The standard InChI is InChI=1S/C10H16N4O/c1-10(4-2-6-15-7-10)14-9-12-5-3-8(11)13-9/h3,5H,2,4,6-7H2,1H3,(H3,11,12,13,14). The van der Waals surface area contributed by atoms with Gasteiger partial charge < -0.3 is 15.8 Å². The van der Waals surface area contributed by atoms with Crippen molar-refractivity contribution in [2.24, 2.45) is 0 Å². The first-order valence-corrected chi connectivity index (χ1v) is 5.12. The van der Waals surface area contributed by atoms with Gasteiger partial charge >= 0.3 is 0 Å². The maximum absolute atomic E-state index is 5.58. The van der Waals surface area contributed by atoms with Crippen LogP contribution in [0.2, 0.25) is 0 Å². The van der Waals surface area contributed by atoms with E-state index in [0.29, 0.717) is 18.4 Å². The van der Waals surface area contributed by atoms with Crippen LogP contribution in [-0.4, -0.2) is 28.7 Å². The molecule has 5 heteroatoms. The van der Waals surface area contributed by atoms with E-state index in [-0.39, 0.29) is 5.54 Å². The second-order valence-corrected chi connectivity index (χ2v) is 4.15. The molecule has 15 heavy (non-hydrogen) atoms. The van der Waals surface area contributed by atoms with Gasteiger partial charge in [0.25, 0.3) is 0 Å². The number of nitrogen functional groups attached to an aromatic ring is 1. The maximum Gasteiger partial charge on any atom is 0.225 e. The van der Waals surface area contributed by atoms with Crippen molar-refractivity contribution in [2.45, 2.75) is 25.3 Å². The van der Waals surface area contributed by atoms with E-state index >= 15 is 0 Å². The lowest BCUT2D eigenvalue weighted by molar-refractivity contribution is 0.0537. The van der Waals surface area contributed by atoms with Gasteiger partial charge in [-0.3, -0.25) is 0 Å². The van der Waals surface area contributed by atoms with E-state index < -0.39 is 0 Å². The summed E-state index contributed by atoms with van der Waals surface area (Å²) < 4.78 is 5.44. The first kappa shape index (κ1) is 10.2. The van der Waals surface area contributed by atoms with Crippen LogP contribution in [0.3, 0.4) is 0 Å². The Hall–Kier alpha value is -1.36. The highest BCUT2D eigenvalue weighted by Gasteiger charge is 2.28. The number of nitrogens with one attached hydrogen (secondary N) is 1. The molecule has 0 aliphatic carbocycles. The average molecular weight is 208 g/mol. The predicted octanol–water partition coefficient (Wildman–Crippen LogP) is 1.04. The summed E-state index contributed by atoms with van der Waals surface area (Å²) in [4.78, 5) is 8.23. The third kappa shape index (κ3) is 2.56.